The van der Waals surface area contributed by atoms with E-state index in [1.54, 1.807) is 0 Å². The third-order valence-electron chi connectivity index (χ3n) is 2.94. The van der Waals surface area contributed by atoms with E-state index in [0.717, 1.165) is 10.4 Å². The van der Waals surface area contributed by atoms with Crippen LogP contribution < -0.4 is 5.32 Å². The third-order valence-corrected chi connectivity index (χ3v) is 3.47. The third kappa shape index (κ3) is 1.79. The van der Waals surface area contributed by atoms with Crippen molar-refractivity contribution in [2.45, 2.75) is 24.8 Å². The van der Waals surface area contributed by atoms with E-state index in [0.29, 0.717) is 6.04 Å². The summed E-state index contributed by atoms with van der Waals surface area (Å²) in [7, 11) is 2.05. The Morgan fingerprint density at radius 1 is 1.23 bits per heavy atom. The largest absolute Gasteiger partial charge is 0.316 e. The normalized spacial score (nSPS) is 26.9. The van der Waals surface area contributed by atoms with Gasteiger partial charge in [-0.25, -0.2) is 0 Å². The van der Waals surface area contributed by atoms with Crippen LogP contribution in [0.2, 0.25) is 0 Å². The number of rotatable bonds is 2. The van der Waals surface area contributed by atoms with Gasteiger partial charge in [-0.3, -0.25) is 0 Å². The van der Waals surface area contributed by atoms with Crippen molar-refractivity contribution >= 4 is 15.9 Å². The molecule has 1 nitrogen and oxygen atoms in total. The summed E-state index contributed by atoms with van der Waals surface area (Å²) in [5.74, 6) is 0.734. The lowest BCUT2D eigenvalue weighted by molar-refractivity contribution is 0.300. The van der Waals surface area contributed by atoms with Gasteiger partial charge in [0.2, 0.25) is 0 Å². The van der Waals surface area contributed by atoms with Crippen molar-refractivity contribution in [2.24, 2.45) is 0 Å². The van der Waals surface area contributed by atoms with E-state index in [9.17, 15) is 0 Å². The lowest BCUT2D eigenvalue weighted by atomic mass is 9.75. The zero-order chi connectivity index (χ0) is 9.26. The van der Waals surface area contributed by atoms with Crippen LogP contribution in [0.1, 0.15) is 24.3 Å². The standard InChI is InChI=1S/C11H14BrN/c1-13-11-7-6-10(11)8-2-4-9(12)5-3-8/h2-5,10-11,13H,6-7H2,1H3. The van der Waals surface area contributed by atoms with E-state index >= 15 is 0 Å². The minimum atomic E-state index is 0.696. The topological polar surface area (TPSA) is 12.0 Å². The van der Waals surface area contributed by atoms with Crippen LogP contribution in [0.3, 0.4) is 0 Å². The van der Waals surface area contributed by atoms with Crippen molar-refractivity contribution < 1.29 is 0 Å². The molecular weight excluding hydrogens is 226 g/mol. The predicted molar refractivity (Wildman–Crippen MR) is 59.0 cm³/mol. The van der Waals surface area contributed by atoms with Gasteiger partial charge in [-0.15, -0.1) is 0 Å². The molecule has 2 heteroatoms. The predicted octanol–water partition coefficient (Wildman–Crippen LogP) is 2.91. The highest BCUT2D eigenvalue weighted by Gasteiger charge is 2.30. The van der Waals surface area contributed by atoms with Crippen molar-refractivity contribution in [3.8, 4) is 0 Å². The van der Waals surface area contributed by atoms with E-state index in [1.165, 1.54) is 18.4 Å². The Bertz CT molecular complexity index is 279. The monoisotopic (exact) mass is 239 g/mol. The maximum absolute atomic E-state index is 3.45. The van der Waals surface area contributed by atoms with Crippen LogP contribution >= 0.6 is 15.9 Å². The lowest BCUT2D eigenvalue weighted by Crippen LogP contribution is -2.40. The Balaban J connectivity index is 2.12. The van der Waals surface area contributed by atoms with E-state index in [-0.39, 0.29) is 0 Å². The molecule has 1 saturated carbocycles. The van der Waals surface area contributed by atoms with E-state index in [2.05, 4.69) is 52.6 Å². The first kappa shape index (κ1) is 9.22. The summed E-state index contributed by atoms with van der Waals surface area (Å²) >= 11 is 3.45. The van der Waals surface area contributed by atoms with Gasteiger partial charge in [-0.1, -0.05) is 28.1 Å². The van der Waals surface area contributed by atoms with Gasteiger partial charge in [-0.05, 0) is 43.5 Å². The summed E-state index contributed by atoms with van der Waals surface area (Å²) in [4.78, 5) is 0. The molecule has 0 saturated heterocycles. The summed E-state index contributed by atoms with van der Waals surface area (Å²) in [6.45, 7) is 0. The first-order chi connectivity index (χ1) is 6.31. The summed E-state index contributed by atoms with van der Waals surface area (Å²) < 4.78 is 1.16. The quantitative estimate of drug-likeness (QED) is 0.838. The van der Waals surface area contributed by atoms with E-state index in [1.807, 2.05) is 0 Å². The van der Waals surface area contributed by atoms with Gasteiger partial charge in [0.05, 0.1) is 0 Å². The number of halogens is 1. The molecular formula is C11H14BrN. The molecule has 1 aromatic carbocycles. The van der Waals surface area contributed by atoms with Crippen LogP contribution in [0.5, 0.6) is 0 Å². The van der Waals surface area contributed by atoms with Crippen LogP contribution in [0.4, 0.5) is 0 Å². The van der Waals surface area contributed by atoms with Crippen molar-refractivity contribution in [1.29, 1.82) is 0 Å². The van der Waals surface area contributed by atoms with Gasteiger partial charge in [-0.2, -0.15) is 0 Å². The molecule has 1 aromatic rings. The Kier molecular flexibility index (Phi) is 2.70. The fourth-order valence-electron chi connectivity index (χ4n) is 1.95. The maximum atomic E-state index is 3.45. The summed E-state index contributed by atoms with van der Waals surface area (Å²) in [6.07, 6.45) is 2.64. The average Bonchev–Trinajstić information content (AvgIpc) is 2.08. The molecule has 2 unspecified atom stereocenters. The van der Waals surface area contributed by atoms with Crippen molar-refractivity contribution in [2.75, 3.05) is 7.05 Å². The fraction of sp³-hybridized carbons (Fsp3) is 0.455. The van der Waals surface area contributed by atoms with Gasteiger partial charge in [0.15, 0.2) is 0 Å². The molecule has 13 heavy (non-hydrogen) atoms. The molecule has 0 aliphatic heterocycles. The van der Waals surface area contributed by atoms with Gasteiger partial charge in [0.25, 0.3) is 0 Å². The van der Waals surface area contributed by atoms with Gasteiger partial charge < -0.3 is 5.32 Å². The molecule has 70 valence electrons. The van der Waals surface area contributed by atoms with Gasteiger partial charge >= 0.3 is 0 Å². The molecule has 0 spiro atoms. The van der Waals surface area contributed by atoms with Crippen molar-refractivity contribution in [3.05, 3.63) is 34.3 Å². The summed E-state index contributed by atoms with van der Waals surface area (Å²) in [5, 5.41) is 3.35. The molecule has 1 aliphatic carbocycles. The number of hydrogen-bond donors (Lipinski definition) is 1. The average molecular weight is 240 g/mol. The summed E-state index contributed by atoms with van der Waals surface area (Å²) in [5.41, 5.74) is 1.47. The van der Waals surface area contributed by atoms with Gasteiger partial charge in [0, 0.05) is 10.5 Å². The first-order valence-electron chi connectivity index (χ1n) is 4.74. The Morgan fingerprint density at radius 3 is 2.38 bits per heavy atom. The molecule has 0 aromatic heterocycles. The highest BCUT2D eigenvalue weighted by molar-refractivity contribution is 9.10. The molecule has 0 bridgehead atoms. The second-order valence-corrected chi connectivity index (χ2v) is 4.55. The lowest BCUT2D eigenvalue weighted by Gasteiger charge is -2.36. The molecule has 2 atom stereocenters. The van der Waals surface area contributed by atoms with Crippen LogP contribution in [-0.2, 0) is 0 Å². The molecule has 1 N–H and O–H groups in total. The summed E-state index contributed by atoms with van der Waals surface area (Å²) in [6, 6.07) is 9.39. The van der Waals surface area contributed by atoms with Crippen molar-refractivity contribution in [1.82, 2.24) is 5.32 Å². The number of hydrogen-bond acceptors (Lipinski definition) is 1. The second-order valence-electron chi connectivity index (χ2n) is 3.63. The number of benzene rings is 1. The van der Waals surface area contributed by atoms with Gasteiger partial charge in [0.1, 0.15) is 0 Å². The van der Waals surface area contributed by atoms with Crippen LogP contribution in [0.15, 0.2) is 28.7 Å². The Labute approximate surface area is 87.7 Å². The van der Waals surface area contributed by atoms with Crippen LogP contribution in [0.25, 0.3) is 0 Å². The SMILES string of the molecule is CNC1CCC1c1ccc(Br)cc1. The molecule has 0 amide bonds. The molecule has 0 radical (unpaired) electrons. The minimum Gasteiger partial charge on any atom is -0.316 e. The second kappa shape index (κ2) is 3.81. The molecule has 1 aliphatic rings. The maximum Gasteiger partial charge on any atom is 0.0175 e. The zero-order valence-electron chi connectivity index (χ0n) is 7.76. The van der Waals surface area contributed by atoms with E-state index < -0.39 is 0 Å². The number of nitrogens with one attached hydrogen (secondary N) is 1. The Hall–Kier alpha value is -0.340. The first-order valence-corrected chi connectivity index (χ1v) is 5.53. The molecule has 1 fully saturated rings. The molecule has 0 heterocycles. The Morgan fingerprint density at radius 2 is 1.92 bits per heavy atom. The number of likely N-dealkylation sites (N-methyl/N-ethyl adjacent to an activating group) is 1. The van der Waals surface area contributed by atoms with E-state index in [4.69, 9.17) is 0 Å². The smallest absolute Gasteiger partial charge is 0.0175 e. The highest BCUT2D eigenvalue weighted by Crippen LogP contribution is 2.36. The van der Waals surface area contributed by atoms with Crippen LogP contribution in [-0.4, -0.2) is 13.1 Å². The highest BCUT2D eigenvalue weighted by atomic mass is 79.9. The minimum absolute atomic E-state index is 0.696. The molecule has 2 rings (SSSR count). The zero-order valence-corrected chi connectivity index (χ0v) is 9.34. The fourth-order valence-corrected chi connectivity index (χ4v) is 2.22. The van der Waals surface area contributed by atoms with Crippen molar-refractivity contribution in [3.63, 3.8) is 0 Å². The van der Waals surface area contributed by atoms with Crippen LogP contribution in [0, 0.1) is 0 Å².